The van der Waals surface area contributed by atoms with E-state index in [0.29, 0.717) is 0 Å². The molecule has 0 spiro atoms. The van der Waals surface area contributed by atoms with Crippen LogP contribution in [0.5, 0.6) is 0 Å². The highest BCUT2D eigenvalue weighted by molar-refractivity contribution is 7.26. The Labute approximate surface area is 210 Å². The lowest BCUT2D eigenvalue weighted by Gasteiger charge is -2.10. The first kappa shape index (κ1) is 18.8. The van der Waals surface area contributed by atoms with Crippen molar-refractivity contribution in [3.05, 3.63) is 103 Å². The molecule has 3 heterocycles. The molecule has 0 radical (unpaired) electrons. The number of hydrogen-bond acceptors (Lipinski definition) is 3. The summed E-state index contributed by atoms with van der Waals surface area (Å²) in [6, 6.07) is 36.7. The molecule has 2 nitrogen and oxygen atoms in total. The second-order valence-electron chi connectivity index (χ2n) is 9.53. The number of hydrogen-bond donors (Lipinski definition) is 0. The highest BCUT2D eigenvalue weighted by Crippen LogP contribution is 2.52. The van der Waals surface area contributed by atoms with Crippen molar-refractivity contribution < 1.29 is 4.42 Å². The van der Waals surface area contributed by atoms with Gasteiger partial charge >= 0.3 is 0 Å². The van der Waals surface area contributed by atoms with Crippen molar-refractivity contribution in [3.63, 3.8) is 0 Å². The van der Waals surface area contributed by atoms with Crippen LogP contribution in [0.2, 0.25) is 0 Å². The Morgan fingerprint density at radius 1 is 0.500 bits per heavy atom. The number of benzene rings is 5. The summed E-state index contributed by atoms with van der Waals surface area (Å²) in [5.41, 5.74) is 8.65. The summed E-state index contributed by atoms with van der Waals surface area (Å²) in [6.07, 6.45) is 0. The van der Waals surface area contributed by atoms with Gasteiger partial charge in [-0.15, -0.1) is 11.3 Å². The van der Waals surface area contributed by atoms with Crippen molar-refractivity contribution in [2.24, 2.45) is 0 Å². The normalized spacial score (nSPS) is 12.4. The summed E-state index contributed by atoms with van der Waals surface area (Å²) in [6.45, 7) is 0. The third-order valence-corrected chi connectivity index (χ3v) is 8.68. The van der Waals surface area contributed by atoms with Crippen LogP contribution >= 0.6 is 11.3 Å². The minimum atomic E-state index is 0.948. The molecule has 0 amide bonds. The molecule has 5 aromatic carbocycles. The second kappa shape index (κ2) is 6.60. The van der Waals surface area contributed by atoms with E-state index in [1.54, 1.807) is 0 Å². The van der Waals surface area contributed by atoms with Gasteiger partial charge in [-0.2, -0.15) is 0 Å². The van der Waals surface area contributed by atoms with Gasteiger partial charge in [-0.3, -0.25) is 0 Å². The summed E-state index contributed by atoms with van der Waals surface area (Å²) >= 11 is 1.87. The van der Waals surface area contributed by atoms with Gasteiger partial charge in [0.25, 0.3) is 0 Å². The number of rotatable bonds is 2. The van der Waals surface area contributed by atoms with Gasteiger partial charge in [0.2, 0.25) is 0 Å². The minimum absolute atomic E-state index is 0.948. The molecular weight excluding hydrogens is 458 g/mol. The molecule has 0 N–H and O–H groups in total. The summed E-state index contributed by atoms with van der Waals surface area (Å²) in [7, 11) is 0. The fourth-order valence-electron chi connectivity index (χ4n) is 6.06. The lowest BCUT2D eigenvalue weighted by atomic mass is 9.95. The predicted octanol–water partition coefficient (Wildman–Crippen LogP) is 9.82. The van der Waals surface area contributed by atoms with Crippen LogP contribution in [0.3, 0.4) is 0 Å². The highest BCUT2D eigenvalue weighted by Gasteiger charge is 2.24. The van der Waals surface area contributed by atoms with Crippen molar-refractivity contribution in [1.29, 1.82) is 0 Å². The van der Waals surface area contributed by atoms with E-state index < -0.39 is 0 Å². The maximum absolute atomic E-state index is 6.36. The van der Waals surface area contributed by atoms with Crippen LogP contribution in [0.1, 0.15) is 0 Å². The molecule has 9 rings (SSSR count). The molecule has 1 aliphatic rings. The quantitative estimate of drug-likeness (QED) is 0.249. The Morgan fingerprint density at radius 3 is 2.22 bits per heavy atom. The van der Waals surface area contributed by atoms with Crippen molar-refractivity contribution in [2.75, 3.05) is 0 Å². The summed E-state index contributed by atoms with van der Waals surface area (Å²) in [5, 5.41) is 7.74. The largest absolute Gasteiger partial charge is 0.456 e. The first-order valence-corrected chi connectivity index (χ1v) is 13.0. The van der Waals surface area contributed by atoms with E-state index in [1.807, 2.05) is 17.4 Å². The highest BCUT2D eigenvalue weighted by atomic mass is 32.1. The van der Waals surface area contributed by atoms with E-state index >= 15 is 0 Å². The van der Waals surface area contributed by atoms with E-state index in [9.17, 15) is 0 Å². The second-order valence-corrected chi connectivity index (χ2v) is 10.6. The molecule has 0 bridgehead atoms. The van der Waals surface area contributed by atoms with Crippen LogP contribution < -0.4 is 0 Å². The van der Waals surface area contributed by atoms with Crippen LogP contribution in [-0.2, 0) is 0 Å². The van der Waals surface area contributed by atoms with Crippen LogP contribution in [0.4, 0.5) is 0 Å². The molecule has 3 heteroatoms. The Bertz CT molecular complexity index is 2200. The van der Waals surface area contributed by atoms with Crippen LogP contribution in [0.25, 0.3) is 86.5 Å². The van der Waals surface area contributed by atoms with E-state index in [-0.39, 0.29) is 0 Å². The molecule has 8 aromatic rings. The summed E-state index contributed by atoms with van der Waals surface area (Å²) in [5.74, 6) is 0. The zero-order chi connectivity index (χ0) is 23.4. The van der Waals surface area contributed by atoms with Gasteiger partial charge in [-0.25, -0.2) is 4.98 Å². The van der Waals surface area contributed by atoms with Crippen LogP contribution in [0, 0.1) is 0 Å². The third-order valence-electron chi connectivity index (χ3n) is 7.58. The Morgan fingerprint density at radius 2 is 1.31 bits per heavy atom. The number of aromatic nitrogens is 1. The topological polar surface area (TPSA) is 26.0 Å². The average Bonchev–Trinajstić information content (AvgIpc) is 3.47. The SMILES string of the molecule is c1ccc(-c2cccc(-c3cc4c5c(c3)sc3ccc6ccc7oc8cccc-4c8c7c6c35)n2)cc1. The molecule has 0 unspecified atom stereocenters. The van der Waals surface area contributed by atoms with Crippen molar-refractivity contribution in [1.82, 2.24) is 4.98 Å². The number of pyridine rings is 1. The molecule has 1 aliphatic carbocycles. The number of nitrogens with zero attached hydrogens (tertiary/aromatic N) is 1. The smallest absolute Gasteiger partial charge is 0.136 e. The van der Waals surface area contributed by atoms with Gasteiger partial charge in [0.05, 0.1) is 11.4 Å². The zero-order valence-electron chi connectivity index (χ0n) is 19.1. The predicted molar refractivity (Wildman–Crippen MR) is 152 cm³/mol. The van der Waals surface area contributed by atoms with Crippen molar-refractivity contribution >= 4 is 64.2 Å². The molecule has 0 atom stereocenters. The fourth-order valence-corrected chi connectivity index (χ4v) is 7.24. The number of fused-ring (bicyclic) bond motifs is 1. The van der Waals surface area contributed by atoms with Crippen LogP contribution in [0.15, 0.2) is 108 Å². The van der Waals surface area contributed by atoms with Crippen molar-refractivity contribution in [2.45, 2.75) is 0 Å². The van der Waals surface area contributed by atoms with E-state index in [0.717, 1.165) is 33.7 Å². The van der Waals surface area contributed by atoms with Crippen molar-refractivity contribution in [3.8, 4) is 33.6 Å². The summed E-state index contributed by atoms with van der Waals surface area (Å²) in [4.78, 5) is 5.09. The maximum atomic E-state index is 6.36. The molecule has 0 saturated heterocycles. The first-order valence-electron chi connectivity index (χ1n) is 12.1. The number of furan rings is 1. The Hall–Kier alpha value is -4.47. The first-order chi connectivity index (χ1) is 17.8. The van der Waals surface area contributed by atoms with E-state index in [1.165, 1.54) is 52.8 Å². The summed E-state index contributed by atoms with van der Waals surface area (Å²) < 4.78 is 8.98. The molecule has 0 aliphatic heterocycles. The average molecular weight is 476 g/mol. The fraction of sp³-hybridized carbons (Fsp3) is 0. The van der Waals surface area contributed by atoms with Gasteiger partial charge in [0, 0.05) is 47.5 Å². The Kier molecular flexibility index (Phi) is 3.45. The molecule has 36 heavy (non-hydrogen) atoms. The molecule has 0 fully saturated rings. The number of thiophene rings is 1. The Balaban J connectivity index is 1.43. The van der Waals surface area contributed by atoms with Gasteiger partial charge in [0.1, 0.15) is 11.2 Å². The molecule has 166 valence electrons. The van der Waals surface area contributed by atoms with Gasteiger partial charge in [0.15, 0.2) is 0 Å². The third kappa shape index (κ3) is 2.33. The maximum Gasteiger partial charge on any atom is 0.136 e. The van der Waals surface area contributed by atoms with E-state index in [2.05, 4.69) is 97.1 Å². The van der Waals surface area contributed by atoms with Gasteiger partial charge < -0.3 is 4.42 Å². The monoisotopic (exact) mass is 475 g/mol. The lowest BCUT2D eigenvalue weighted by molar-refractivity contribution is 0.669. The zero-order valence-corrected chi connectivity index (χ0v) is 19.9. The molecule has 3 aromatic heterocycles. The molecular formula is C33H17NOS. The van der Waals surface area contributed by atoms with Gasteiger partial charge in [-0.1, -0.05) is 60.7 Å². The van der Waals surface area contributed by atoms with Gasteiger partial charge in [-0.05, 0) is 59.0 Å². The standard InChI is InChI=1S/C33H17NOS/c1-2-6-18(7-3-1)23-9-5-10-24(34-23)20-16-22-21-8-4-11-25-30(21)32-26(35-25)14-12-19-13-15-27-33(29(19)32)31(22)28(17-20)36-27/h1-17H. The molecule has 0 saturated carbocycles. The minimum Gasteiger partial charge on any atom is -0.456 e. The lowest BCUT2D eigenvalue weighted by Crippen LogP contribution is -1.89. The van der Waals surface area contributed by atoms with Crippen LogP contribution in [-0.4, -0.2) is 4.98 Å². The van der Waals surface area contributed by atoms with E-state index in [4.69, 9.17) is 9.40 Å².